The average Bonchev–Trinajstić information content (AvgIpc) is 2.68. The van der Waals surface area contributed by atoms with Gasteiger partial charge in [0.05, 0.1) is 23.3 Å². The monoisotopic (exact) mass is 394 g/mol. The van der Waals surface area contributed by atoms with Crippen molar-refractivity contribution < 1.29 is 29.0 Å². The molecule has 1 aliphatic carbocycles. The SMILES string of the molecule is CCOC(=O)C1=CCC(C)(C)c2ccc(C(=O)Oc3ccc(C(=O)O)cc3)cc21. The van der Waals surface area contributed by atoms with Gasteiger partial charge in [0.15, 0.2) is 0 Å². The summed E-state index contributed by atoms with van der Waals surface area (Å²) in [6.07, 6.45) is 2.54. The van der Waals surface area contributed by atoms with Gasteiger partial charge in [-0.05, 0) is 66.3 Å². The molecule has 0 aromatic heterocycles. The molecule has 6 nitrogen and oxygen atoms in total. The minimum absolute atomic E-state index is 0.102. The molecule has 0 heterocycles. The van der Waals surface area contributed by atoms with Crippen molar-refractivity contribution in [1.29, 1.82) is 0 Å². The zero-order valence-corrected chi connectivity index (χ0v) is 16.5. The van der Waals surface area contributed by atoms with Crippen molar-refractivity contribution in [3.63, 3.8) is 0 Å². The van der Waals surface area contributed by atoms with Gasteiger partial charge in [0, 0.05) is 0 Å². The molecule has 0 spiro atoms. The topological polar surface area (TPSA) is 89.9 Å². The van der Waals surface area contributed by atoms with Crippen molar-refractivity contribution in [2.75, 3.05) is 6.61 Å². The van der Waals surface area contributed by atoms with Gasteiger partial charge < -0.3 is 14.6 Å². The first kappa shape index (κ1) is 20.3. The van der Waals surface area contributed by atoms with E-state index in [9.17, 15) is 14.4 Å². The minimum Gasteiger partial charge on any atom is -0.478 e. The number of allylic oxidation sites excluding steroid dienone is 1. The van der Waals surface area contributed by atoms with Gasteiger partial charge in [-0.25, -0.2) is 14.4 Å². The lowest BCUT2D eigenvalue weighted by Gasteiger charge is -2.31. The molecular weight excluding hydrogens is 372 g/mol. The third-order valence-electron chi connectivity index (χ3n) is 4.90. The van der Waals surface area contributed by atoms with E-state index in [1.165, 1.54) is 24.3 Å². The van der Waals surface area contributed by atoms with E-state index in [1.54, 1.807) is 19.1 Å². The summed E-state index contributed by atoms with van der Waals surface area (Å²) >= 11 is 0. The summed E-state index contributed by atoms with van der Waals surface area (Å²) in [6, 6.07) is 10.7. The van der Waals surface area contributed by atoms with Crippen molar-refractivity contribution in [2.24, 2.45) is 0 Å². The van der Waals surface area contributed by atoms with Gasteiger partial charge in [-0.3, -0.25) is 0 Å². The van der Waals surface area contributed by atoms with E-state index in [-0.39, 0.29) is 23.3 Å². The Bertz CT molecular complexity index is 999. The fourth-order valence-corrected chi connectivity index (χ4v) is 3.29. The lowest BCUT2D eigenvalue weighted by molar-refractivity contribution is -0.136. The quantitative estimate of drug-likeness (QED) is 0.603. The maximum Gasteiger partial charge on any atom is 0.343 e. The van der Waals surface area contributed by atoms with E-state index < -0.39 is 17.9 Å². The number of aromatic carboxylic acids is 1. The largest absolute Gasteiger partial charge is 0.478 e. The van der Waals surface area contributed by atoms with Crippen molar-refractivity contribution in [2.45, 2.75) is 32.6 Å². The molecule has 0 saturated heterocycles. The third kappa shape index (κ3) is 4.21. The molecule has 1 aliphatic rings. The Labute approximate surface area is 168 Å². The highest BCUT2D eigenvalue weighted by molar-refractivity contribution is 6.17. The van der Waals surface area contributed by atoms with Crippen molar-refractivity contribution >= 4 is 23.5 Å². The molecule has 2 aromatic carbocycles. The predicted octanol–water partition coefficient (Wildman–Crippen LogP) is 4.23. The molecule has 0 aliphatic heterocycles. The molecule has 0 amide bonds. The molecule has 2 aromatic rings. The van der Waals surface area contributed by atoms with Gasteiger partial charge in [0.25, 0.3) is 0 Å². The molecule has 29 heavy (non-hydrogen) atoms. The van der Waals surface area contributed by atoms with E-state index in [0.717, 1.165) is 5.56 Å². The number of carboxylic acid groups (broad SMARTS) is 1. The molecule has 0 fully saturated rings. The zero-order chi connectivity index (χ0) is 21.2. The molecule has 0 bridgehead atoms. The molecule has 0 unspecified atom stereocenters. The molecule has 1 N–H and O–H groups in total. The van der Waals surface area contributed by atoms with Crippen LogP contribution < -0.4 is 4.74 Å². The number of carboxylic acids is 1. The summed E-state index contributed by atoms with van der Waals surface area (Å²) in [4.78, 5) is 35.9. The van der Waals surface area contributed by atoms with Gasteiger partial charge in [-0.1, -0.05) is 26.0 Å². The number of carbonyl (C=O) groups is 3. The molecule has 0 radical (unpaired) electrons. The summed E-state index contributed by atoms with van der Waals surface area (Å²) < 4.78 is 10.5. The lowest BCUT2D eigenvalue weighted by atomic mass is 9.73. The summed E-state index contributed by atoms with van der Waals surface area (Å²) in [5.74, 6) is -1.83. The number of ether oxygens (including phenoxy) is 2. The second-order valence-electron chi connectivity index (χ2n) is 7.41. The van der Waals surface area contributed by atoms with Crippen LogP contribution in [0.4, 0.5) is 0 Å². The molecule has 150 valence electrons. The van der Waals surface area contributed by atoms with Crippen LogP contribution in [-0.2, 0) is 14.9 Å². The summed E-state index contributed by atoms with van der Waals surface area (Å²) in [5, 5.41) is 8.95. The second kappa shape index (κ2) is 7.91. The Morgan fingerprint density at radius 3 is 2.28 bits per heavy atom. The highest BCUT2D eigenvalue weighted by Gasteiger charge is 2.31. The van der Waals surface area contributed by atoms with Gasteiger partial charge in [-0.2, -0.15) is 0 Å². The summed E-state index contributed by atoms with van der Waals surface area (Å²) in [6.45, 7) is 6.16. The first-order chi connectivity index (χ1) is 13.7. The lowest BCUT2D eigenvalue weighted by Crippen LogP contribution is -2.25. The van der Waals surface area contributed by atoms with E-state index in [4.69, 9.17) is 14.6 Å². The van der Waals surface area contributed by atoms with E-state index in [0.29, 0.717) is 23.1 Å². The minimum atomic E-state index is -1.06. The third-order valence-corrected chi connectivity index (χ3v) is 4.90. The maximum absolute atomic E-state index is 12.6. The summed E-state index contributed by atoms with van der Waals surface area (Å²) in [7, 11) is 0. The van der Waals surface area contributed by atoms with Gasteiger partial charge in [0.1, 0.15) is 5.75 Å². The van der Waals surface area contributed by atoms with Gasteiger partial charge in [0.2, 0.25) is 0 Å². The van der Waals surface area contributed by atoms with Crippen LogP contribution in [0.5, 0.6) is 5.75 Å². The van der Waals surface area contributed by atoms with E-state index >= 15 is 0 Å². The van der Waals surface area contributed by atoms with Crippen LogP contribution in [-0.4, -0.2) is 29.6 Å². The van der Waals surface area contributed by atoms with Gasteiger partial charge in [-0.15, -0.1) is 0 Å². The highest BCUT2D eigenvalue weighted by Crippen LogP contribution is 2.39. The highest BCUT2D eigenvalue weighted by atomic mass is 16.5. The zero-order valence-electron chi connectivity index (χ0n) is 16.5. The fraction of sp³-hybridized carbons (Fsp3) is 0.261. The summed E-state index contributed by atoms with van der Waals surface area (Å²) in [5.41, 5.74) is 2.28. The van der Waals surface area contributed by atoms with Crippen molar-refractivity contribution in [3.05, 3.63) is 70.8 Å². The van der Waals surface area contributed by atoms with Crippen LogP contribution in [0.1, 0.15) is 59.0 Å². The molecule has 6 heteroatoms. The predicted molar refractivity (Wildman–Crippen MR) is 107 cm³/mol. The molecule has 3 rings (SSSR count). The maximum atomic E-state index is 12.6. The number of hydrogen-bond acceptors (Lipinski definition) is 5. The average molecular weight is 394 g/mol. The Morgan fingerprint density at radius 1 is 1.00 bits per heavy atom. The van der Waals surface area contributed by atoms with Crippen LogP contribution in [0.15, 0.2) is 48.5 Å². The Morgan fingerprint density at radius 2 is 1.66 bits per heavy atom. The van der Waals surface area contributed by atoms with Gasteiger partial charge >= 0.3 is 17.9 Å². The fourth-order valence-electron chi connectivity index (χ4n) is 3.29. The van der Waals surface area contributed by atoms with Crippen molar-refractivity contribution in [3.8, 4) is 5.75 Å². The van der Waals surface area contributed by atoms with E-state index in [2.05, 4.69) is 13.8 Å². The first-order valence-corrected chi connectivity index (χ1v) is 9.30. The van der Waals surface area contributed by atoms with Crippen molar-refractivity contribution in [1.82, 2.24) is 0 Å². The number of benzene rings is 2. The first-order valence-electron chi connectivity index (χ1n) is 9.30. The van der Waals surface area contributed by atoms with Crippen LogP contribution in [0.3, 0.4) is 0 Å². The number of fused-ring (bicyclic) bond motifs is 1. The molecule has 0 atom stereocenters. The normalized spacial score (nSPS) is 14.4. The van der Waals surface area contributed by atoms with E-state index in [1.807, 2.05) is 12.1 Å². The Kier molecular flexibility index (Phi) is 5.55. The van der Waals surface area contributed by atoms with Crippen LogP contribution in [0.2, 0.25) is 0 Å². The molecular formula is C23H22O6. The Balaban J connectivity index is 1.91. The second-order valence-corrected chi connectivity index (χ2v) is 7.41. The number of carbonyl (C=O) groups excluding carboxylic acids is 2. The Hall–Kier alpha value is -3.41. The smallest absolute Gasteiger partial charge is 0.343 e. The van der Waals surface area contributed by atoms with Crippen LogP contribution >= 0.6 is 0 Å². The van der Waals surface area contributed by atoms with Crippen LogP contribution in [0, 0.1) is 0 Å². The van der Waals surface area contributed by atoms with Crippen LogP contribution in [0.25, 0.3) is 5.57 Å². The standard InChI is InChI=1S/C23H22O6/c1-4-28-22(27)17-11-12-23(2,3)19-10-7-15(13-18(17)19)21(26)29-16-8-5-14(6-9-16)20(24)25/h5-11,13H,4,12H2,1-3H3,(H,24,25). The number of hydrogen-bond donors (Lipinski definition) is 1. The number of rotatable bonds is 5. The molecule has 0 saturated carbocycles. The number of esters is 2.